The Morgan fingerprint density at radius 2 is 1.71 bits per heavy atom. The number of benzene rings is 2. The van der Waals surface area contributed by atoms with E-state index in [9.17, 15) is 13.2 Å². The highest BCUT2D eigenvalue weighted by molar-refractivity contribution is 5.52. The van der Waals surface area contributed by atoms with Gasteiger partial charge >= 0.3 is 6.18 Å². The molecule has 4 nitrogen and oxygen atoms in total. The van der Waals surface area contributed by atoms with Gasteiger partial charge < -0.3 is 19.7 Å². The van der Waals surface area contributed by atoms with Crippen molar-refractivity contribution in [2.75, 3.05) is 45.7 Å². The maximum absolute atomic E-state index is 13.1. The van der Waals surface area contributed by atoms with Crippen molar-refractivity contribution in [3.63, 3.8) is 0 Å². The van der Waals surface area contributed by atoms with Crippen LogP contribution in [-0.2, 0) is 12.6 Å². The number of ether oxygens (including phenoxy) is 2. The van der Waals surface area contributed by atoms with Crippen molar-refractivity contribution < 1.29 is 22.6 Å². The van der Waals surface area contributed by atoms with E-state index < -0.39 is 11.7 Å². The van der Waals surface area contributed by atoms with Crippen molar-refractivity contribution in [2.45, 2.75) is 31.9 Å². The molecule has 31 heavy (non-hydrogen) atoms. The molecule has 0 aliphatic carbocycles. The van der Waals surface area contributed by atoms with Crippen molar-refractivity contribution in [3.8, 4) is 11.5 Å². The molecule has 1 heterocycles. The molecule has 0 amide bonds. The lowest BCUT2D eigenvalue weighted by molar-refractivity contribution is -0.136. The van der Waals surface area contributed by atoms with E-state index in [-0.39, 0.29) is 5.69 Å². The van der Waals surface area contributed by atoms with E-state index in [4.69, 9.17) is 9.47 Å². The second kappa shape index (κ2) is 10.8. The molecule has 0 atom stereocenters. The van der Waals surface area contributed by atoms with Crippen LogP contribution < -0.4 is 14.8 Å². The highest BCUT2D eigenvalue weighted by Crippen LogP contribution is 2.34. The lowest BCUT2D eigenvalue weighted by Crippen LogP contribution is -2.35. The summed E-state index contributed by atoms with van der Waals surface area (Å²) < 4.78 is 49.9. The average molecular weight is 437 g/mol. The zero-order valence-corrected chi connectivity index (χ0v) is 18.2. The van der Waals surface area contributed by atoms with Gasteiger partial charge in [-0.05, 0) is 74.5 Å². The summed E-state index contributed by atoms with van der Waals surface area (Å²) in [5.74, 6) is 2.03. The fourth-order valence-corrected chi connectivity index (χ4v) is 4.12. The van der Waals surface area contributed by atoms with Crippen LogP contribution in [0.3, 0.4) is 0 Å². The van der Waals surface area contributed by atoms with Gasteiger partial charge in [0.05, 0.1) is 19.8 Å². The predicted molar refractivity (Wildman–Crippen MR) is 117 cm³/mol. The first-order valence-corrected chi connectivity index (χ1v) is 10.7. The van der Waals surface area contributed by atoms with Gasteiger partial charge in [-0.15, -0.1) is 0 Å². The number of hydrogen-bond donors (Lipinski definition) is 1. The monoisotopic (exact) mass is 436 g/mol. The van der Waals surface area contributed by atoms with E-state index in [2.05, 4.69) is 16.3 Å². The van der Waals surface area contributed by atoms with Gasteiger partial charge in [0.15, 0.2) is 11.5 Å². The van der Waals surface area contributed by atoms with Crippen LogP contribution in [0.25, 0.3) is 0 Å². The summed E-state index contributed by atoms with van der Waals surface area (Å²) in [6.45, 7) is 3.59. The summed E-state index contributed by atoms with van der Waals surface area (Å²) in [6, 6.07) is 11.7. The minimum absolute atomic E-state index is 0.169. The Labute approximate surface area is 182 Å². The molecule has 1 aliphatic rings. The molecule has 2 aromatic carbocycles. The van der Waals surface area contributed by atoms with Crippen molar-refractivity contribution in [1.29, 1.82) is 0 Å². The first kappa shape index (κ1) is 23.3. The summed E-state index contributed by atoms with van der Waals surface area (Å²) in [5, 5.41) is 2.99. The number of alkyl halides is 3. The number of methoxy groups -OCH3 is 2. The molecule has 1 aliphatic heterocycles. The molecular weight excluding hydrogens is 405 g/mol. The summed E-state index contributed by atoms with van der Waals surface area (Å²) in [4.78, 5) is 2.46. The zero-order valence-electron chi connectivity index (χ0n) is 18.2. The Hall–Kier alpha value is -2.41. The van der Waals surface area contributed by atoms with Gasteiger partial charge in [-0.3, -0.25) is 0 Å². The van der Waals surface area contributed by atoms with Gasteiger partial charge in [0.25, 0.3) is 0 Å². The predicted octanol–water partition coefficient (Wildman–Crippen LogP) is 5.48. The number of rotatable bonds is 9. The van der Waals surface area contributed by atoms with Crippen LogP contribution in [0.1, 0.15) is 30.4 Å². The molecule has 170 valence electrons. The average Bonchev–Trinajstić information content (AvgIpc) is 2.78. The van der Waals surface area contributed by atoms with E-state index in [1.54, 1.807) is 20.3 Å². The normalized spacial score (nSPS) is 15.6. The number of piperidine rings is 1. The highest BCUT2D eigenvalue weighted by Gasteiger charge is 2.33. The maximum atomic E-state index is 13.1. The summed E-state index contributed by atoms with van der Waals surface area (Å²) in [7, 11) is 3.27. The smallest absolute Gasteiger partial charge is 0.418 e. The largest absolute Gasteiger partial charge is 0.493 e. The molecule has 0 saturated carbocycles. The number of para-hydroxylation sites is 1. The lowest BCUT2D eigenvalue weighted by Gasteiger charge is -2.32. The minimum Gasteiger partial charge on any atom is -0.493 e. The first-order valence-electron chi connectivity index (χ1n) is 10.7. The number of anilines is 1. The Morgan fingerprint density at radius 1 is 1.00 bits per heavy atom. The number of likely N-dealkylation sites (tertiary alicyclic amines) is 1. The molecule has 0 bridgehead atoms. The Kier molecular flexibility index (Phi) is 8.07. The molecule has 0 spiro atoms. The van der Waals surface area contributed by atoms with E-state index in [1.165, 1.54) is 17.7 Å². The fourth-order valence-electron chi connectivity index (χ4n) is 4.12. The molecular formula is C24H31F3N2O2. The molecule has 1 fully saturated rings. The zero-order chi connectivity index (χ0) is 22.3. The van der Waals surface area contributed by atoms with Crippen LogP contribution in [0.2, 0.25) is 0 Å². The third-order valence-corrected chi connectivity index (χ3v) is 5.97. The fraction of sp³-hybridized carbons (Fsp3) is 0.500. The van der Waals surface area contributed by atoms with Crippen LogP contribution in [0.5, 0.6) is 11.5 Å². The van der Waals surface area contributed by atoms with Crippen LogP contribution >= 0.6 is 0 Å². The molecule has 0 radical (unpaired) electrons. The van der Waals surface area contributed by atoms with Crippen LogP contribution in [0.15, 0.2) is 42.5 Å². The molecule has 1 N–H and O–H groups in total. The van der Waals surface area contributed by atoms with Gasteiger partial charge in [0.2, 0.25) is 0 Å². The maximum Gasteiger partial charge on any atom is 0.418 e. The van der Waals surface area contributed by atoms with Gasteiger partial charge in [-0.2, -0.15) is 13.2 Å². The number of nitrogens with zero attached hydrogens (tertiary/aromatic N) is 1. The first-order chi connectivity index (χ1) is 14.9. The van der Waals surface area contributed by atoms with E-state index in [1.807, 2.05) is 12.1 Å². The van der Waals surface area contributed by atoms with Crippen molar-refractivity contribution in [2.24, 2.45) is 5.92 Å². The summed E-state index contributed by atoms with van der Waals surface area (Å²) in [5.41, 5.74) is 0.787. The number of halogens is 3. The Morgan fingerprint density at radius 3 is 2.39 bits per heavy atom. The third-order valence-electron chi connectivity index (χ3n) is 5.97. The Bertz CT molecular complexity index is 834. The summed E-state index contributed by atoms with van der Waals surface area (Å²) >= 11 is 0. The summed E-state index contributed by atoms with van der Waals surface area (Å²) in [6.07, 6.45) is -0.345. The van der Waals surface area contributed by atoms with Gasteiger partial charge in [0, 0.05) is 18.8 Å². The number of nitrogens with one attached hydrogen (secondary N) is 1. The molecule has 7 heteroatoms. The van der Waals surface area contributed by atoms with Crippen molar-refractivity contribution >= 4 is 5.69 Å². The third kappa shape index (κ3) is 6.53. The van der Waals surface area contributed by atoms with Crippen molar-refractivity contribution in [1.82, 2.24) is 4.90 Å². The van der Waals surface area contributed by atoms with Crippen LogP contribution in [0.4, 0.5) is 18.9 Å². The molecule has 0 aromatic heterocycles. The van der Waals surface area contributed by atoms with Crippen molar-refractivity contribution in [3.05, 3.63) is 53.6 Å². The SMILES string of the molecule is COc1ccc(CCN2CCC(CCNc3ccccc3C(F)(F)F)CC2)cc1OC. The quantitative estimate of drug-likeness (QED) is 0.565. The van der Waals surface area contributed by atoms with Gasteiger partial charge in [-0.25, -0.2) is 0 Å². The van der Waals surface area contributed by atoms with E-state index in [0.717, 1.165) is 62.9 Å². The lowest BCUT2D eigenvalue weighted by atomic mass is 9.93. The van der Waals surface area contributed by atoms with E-state index in [0.29, 0.717) is 12.5 Å². The minimum atomic E-state index is -4.33. The molecule has 0 unspecified atom stereocenters. The Balaban J connectivity index is 1.40. The second-order valence-electron chi connectivity index (χ2n) is 7.98. The second-order valence-corrected chi connectivity index (χ2v) is 7.98. The molecule has 1 saturated heterocycles. The highest BCUT2D eigenvalue weighted by atomic mass is 19.4. The topological polar surface area (TPSA) is 33.7 Å². The van der Waals surface area contributed by atoms with Crippen LogP contribution in [0, 0.1) is 5.92 Å². The van der Waals surface area contributed by atoms with Crippen LogP contribution in [-0.4, -0.2) is 45.3 Å². The molecule has 3 rings (SSSR count). The number of hydrogen-bond acceptors (Lipinski definition) is 4. The van der Waals surface area contributed by atoms with Gasteiger partial charge in [0.1, 0.15) is 0 Å². The molecule has 2 aromatic rings. The van der Waals surface area contributed by atoms with E-state index >= 15 is 0 Å². The van der Waals surface area contributed by atoms with Gasteiger partial charge in [-0.1, -0.05) is 18.2 Å². The standard InChI is InChI=1S/C24H31F3N2O2/c1-30-22-8-7-19(17-23(22)31-2)12-16-29-14-10-18(11-15-29)9-13-28-21-6-4-3-5-20(21)24(25,26)27/h3-8,17-18,28H,9-16H2,1-2H3.